The zero-order valence-electron chi connectivity index (χ0n) is 17.6. The van der Waals surface area contributed by atoms with Gasteiger partial charge in [-0.15, -0.1) is 0 Å². The minimum Gasteiger partial charge on any atom is -0.348 e. The fraction of sp³-hybridized carbons (Fsp3) is 0.375. The molecule has 1 heterocycles. The van der Waals surface area contributed by atoms with Crippen molar-refractivity contribution in [3.05, 3.63) is 76.7 Å². The molecule has 0 unspecified atom stereocenters. The molecule has 0 saturated carbocycles. The number of aryl methyl sites for hydroxylation is 1. The number of nitrogens with one attached hydrogen (secondary N) is 1. The van der Waals surface area contributed by atoms with Crippen LogP contribution in [0.4, 0.5) is 0 Å². The summed E-state index contributed by atoms with van der Waals surface area (Å²) in [7, 11) is -3.46. The van der Waals surface area contributed by atoms with Gasteiger partial charge in [-0.1, -0.05) is 54.6 Å². The minimum atomic E-state index is -3.46. The van der Waals surface area contributed by atoms with Crippen molar-refractivity contribution in [1.82, 2.24) is 14.5 Å². The van der Waals surface area contributed by atoms with Gasteiger partial charge in [-0.2, -0.15) is 4.31 Å². The molecule has 31 heavy (non-hydrogen) atoms. The van der Waals surface area contributed by atoms with Gasteiger partial charge in [-0.25, -0.2) is 8.42 Å². The SMILES string of the molecule is O=C(CN1CCN(S(=O)(=O)/C=C\c2ccccc2)CC1)N[C@H]1CCCc2ccccc21. The number of hydrogen-bond donors (Lipinski definition) is 1. The van der Waals surface area contributed by atoms with Crippen molar-refractivity contribution < 1.29 is 13.2 Å². The molecule has 1 fully saturated rings. The molecule has 1 saturated heterocycles. The highest BCUT2D eigenvalue weighted by Crippen LogP contribution is 2.29. The number of carbonyl (C=O) groups excluding carboxylic acids is 1. The molecule has 0 spiro atoms. The van der Waals surface area contributed by atoms with Gasteiger partial charge in [-0.05, 0) is 42.0 Å². The molecule has 7 heteroatoms. The molecule has 0 aromatic heterocycles. The van der Waals surface area contributed by atoms with Crippen molar-refractivity contribution >= 4 is 22.0 Å². The largest absolute Gasteiger partial charge is 0.348 e. The first-order valence-corrected chi connectivity index (χ1v) is 12.3. The van der Waals surface area contributed by atoms with Crippen LogP contribution in [-0.4, -0.2) is 56.3 Å². The number of hydrogen-bond acceptors (Lipinski definition) is 4. The predicted octanol–water partition coefficient (Wildman–Crippen LogP) is 2.80. The Morgan fingerprint density at radius 1 is 1.00 bits per heavy atom. The molecule has 2 aromatic carbocycles. The van der Waals surface area contributed by atoms with Gasteiger partial charge < -0.3 is 5.32 Å². The molecule has 0 bridgehead atoms. The summed E-state index contributed by atoms with van der Waals surface area (Å²) in [6.45, 7) is 2.18. The lowest BCUT2D eigenvalue weighted by Gasteiger charge is -2.33. The van der Waals surface area contributed by atoms with Crippen LogP contribution in [-0.2, 0) is 21.2 Å². The van der Waals surface area contributed by atoms with Crippen LogP contribution in [0.2, 0.25) is 0 Å². The fourth-order valence-corrected chi connectivity index (χ4v) is 5.48. The minimum absolute atomic E-state index is 0.00184. The lowest BCUT2D eigenvalue weighted by Crippen LogP contribution is -2.51. The van der Waals surface area contributed by atoms with E-state index in [2.05, 4.69) is 17.4 Å². The molecule has 2 aliphatic rings. The molecule has 1 amide bonds. The Hall–Kier alpha value is -2.48. The molecule has 1 aliphatic heterocycles. The number of nitrogens with zero attached hydrogens (tertiary/aromatic N) is 2. The maximum Gasteiger partial charge on any atom is 0.236 e. The summed E-state index contributed by atoms with van der Waals surface area (Å²) >= 11 is 0. The number of rotatable bonds is 6. The van der Waals surface area contributed by atoms with Gasteiger partial charge in [0.1, 0.15) is 0 Å². The first kappa shape index (κ1) is 21.7. The van der Waals surface area contributed by atoms with Crippen LogP contribution in [0.5, 0.6) is 0 Å². The third kappa shape index (κ3) is 5.61. The Labute approximate surface area is 184 Å². The van der Waals surface area contributed by atoms with Gasteiger partial charge in [0.25, 0.3) is 0 Å². The molecular weight excluding hydrogens is 410 g/mol. The highest BCUT2D eigenvalue weighted by atomic mass is 32.2. The molecule has 6 nitrogen and oxygen atoms in total. The second-order valence-electron chi connectivity index (χ2n) is 8.14. The smallest absolute Gasteiger partial charge is 0.236 e. The van der Waals surface area contributed by atoms with Gasteiger partial charge in [-0.3, -0.25) is 9.69 Å². The molecular formula is C24H29N3O3S. The maximum atomic E-state index is 12.6. The molecule has 1 aliphatic carbocycles. The monoisotopic (exact) mass is 439 g/mol. The van der Waals surface area contributed by atoms with Gasteiger partial charge >= 0.3 is 0 Å². The quantitative estimate of drug-likeness (QED) is 0.752. The molecule has 1 atom stereocenters. The fourth-order valence-electron chi connectivity index (χ4n) is 4.30. The summed E-state index contributed by atoms with van der Waals surface area (Å²) in [5, 5.41) is 4.45. The van der Waals surface area contributed by atoms with E-state index in [0.717, 1.165) is 24.8 Å². The lowest BCUT2D eigenvalue weighted by molar-refractivity contribution is -0.123. The van der Waals surface area contributed by atoms with E-state index in [9.17, 15) is 13.2 Å². The van der Waals surface area contributed by atoms with E-state index in [0.29, 0.717) is 32.7 Å². The average molecular weight is 440 g/mol. The summed E-state index contributed by atoms with van der Waals surface area (Å²) in [4.78, 5) is 14.7. The zero-order chi connectivity index (χ0) is 21.7. The van der Waals surface area contributed by atoms with Gasteiger partial charge in [0.2, 0.25) is 15.9 Å². The standard InChI is InChI=1S/C24H29N3O3S/c28-24(25-23-12-6-10-21-9-4-5-11-22(21)23)19-26-14-16-27(17-15-26)31(29,30)18-13-20-7-2-1-3-8-20/h1-5,7-9,11,13,18,23H,6,10,12,14-17,19H2,(H,25,28)/b18-13-/t23-/m0/s1. The van der Waals surface area contributed by atoms with Crippen molar-refractivity contribution in [2.75, 3.05) is 32.7 Å². The van der Waals surface area contributed by atoms with E-state index < -0.39 is 10.0 Å². The number of carbonyl (C=O) groups is 1. The molecule has 4 rings (SSSR count). The van der Waals surface area contributed by atoms with Crippen LogP contribution >= 0.6 is 0 Å². The van der Waals surface area contributed by atoms with Crippen LogP contribution < -0.4 is 5.32 Å². The van der Waals surface area contributed by atoms with Crippen LogP contribution in [0, 0.1) is 0 Å². The topological polar surface area (TPSA) is 69.7 Å². The van der Waals surface area contributed by atoms with Crippen molar-refractivity contribution in [2.45, 2.75) is 25.3 Å². The third-order valence-corrected chi connectivity index (χ3v) is 7.56. The molecule has 2 aromatic rings. The van der Waals surface area contributed by atoms with E-state index in [-0.39, 0.29) is 11.9 Å². The highest BCUT2D eigenvalue weighted by Gasteiger charge is 2.27. The summed E-state index contributed by atoms with van der Waals surface area (Å²) < 4.78 is 26.7. The first-order valence-electron chi connectivity index (χ1n) is 10.8. The van der Waals surface area contributed by atoms with Gasteiger partial charge in [0, 0.05) is 31.6 Å². The van der Waals surface area contributed by atoms with Crippen LogP contribution in [0.15, 0.2) is 60.0 Å². The second-order valence-corrected chi connectivity index (χ2v) is 9.96. The number of piperazine rings is 1. The number of benzene rings is 2. The Kier molecular flexibility index (Phi) is 6.85. The Balaban J connectivity index is 1.27. The molecule has 1 N–H and O–H groups in total. The van der Waals surface area contributed by atoms with Crippen molar-refractivity contribution in [1.29, 1.82) is 0 Å². The Bertz CT molecular complexity index is 1030. The van der Waals surface area contributed by atoms with Gasteiger partial charge in [0.15, 0.2) is 0 Å². The summed E-state index contributed by atoms with van der Waals surface area (Å²) in [6, 6.07) is 17.8. The number of amides is 1. The molecule has 164 valence electrons. The maximum absolute atomic E-state index is 12.6. The van der Waals surface area contributed by atoms with E-state index >= 15 is 0 Å². The van der Waals surface area contributed by atoms with Crippen molar-refractivity contribution in [3.8, 4) is 0 Å². The van der Waals surface area contributed by atoms with E-state index in [1.807, 2.05) is 47.4 Å². The van der Waals surface area contributed by atoms with Crippen molar-refractivity contribution in [3.63, 3.8) is 0 Å². The third-order valence-electron chi connectivity index (χ3n) is 6.00. The van der Waals surface area contributed by atoms with Crippen LogP contribution in [0.1, 0.15) is 35.6 Å². The zero-order valence-corrected chi connectivity index (χ0v) is 18.4. The average Bonchev–Trinajstić information content (AvgIpc) is 2.79. The van der Waals surface area contributed by atoms with E-state index in [1.165, 1.54) is 20.8 Å². The normalized spacial score (nSPS) is 20.5. The number of fused-ring (bicyclic) bond motifs is 1. The lowest BCUT2D eigenvalue weighted by atomic mass is 9.88. The molecule has 0 radical (unpaired) electrons. The van der Waals surface area contributed by atoms with Crippen molar-refractivity contribution in [2.24, 2.45) is 0 Å². The van der Waals surface area contributed by atoms with E-state index in [1.54, 1.807) is 6.08 Å². The summed E-state index contributed by atoms with van der Waals surface area (Å²) in [5.41, 5.74) is 3.40. The Morgan fingerprint density at radius 2 is 1.71 bits per heavy atom. The summed E-state index contributed by atoms with van der Waals surface area (Å²) in [6.07, 6.45) is 4.73. The summed E-state index contributed by atoms with van der Waals surface area (Å²) in [5.74, 6) is 0.00184. The predicted molar refractivity (Wildman–Crippen MR) is 123 cm³/mol. The first-order chi connectivity index (χ1) is 15.0. The van der Waals surface area contributed by atoms with Crippen LogP contribution in [0.3, 0.4) is 0 Å². The van der Waals surface area contributed by atoms with Gasteiger partial charge in [0.05, 0.1) is 12.6 Å². The van der Waals surface area contributed by atoms with E-state index in [4.69, 9.17) is 0 Å². The number of sulfonamides is 1. The second kappa shape index (κ2) is 9.77. The highest BCUT2D eigenvalue weighted by molar-refractivity contribution is 7.92. The Morgan fingerprint density at radius 3 is 2.48 bits per heavy atom. The van der Waals surface area contributed by atoms with Crippen LogP contribution in [0.25, 0.3) is 6.08 Å².